The number of carbonyl (C=O) groups is 2. The molecule has 5 heteroatoms. The highest BCUT2D eigenvalue weighted by Crippen LogP contribution is 2.25. The van der Waals surface area contributed by atoms with Crippen LogP contribution in [0.25, 0.3) is 0 Å². The molecule has 118 valence electrons. The highest BCUT2D eigenvalue weighted by Gasteiger charge is 2.34. The first kappa shape index (κ1) is 15.7. The van der Waals surface area contributed by atoms with Crippen molar-refractivity contribution < 1.29 is 9.59 Å². The Morgan fingerprint density at radius 3 is 2.39 bits per heavy atom. The molecular formula is C18H17BrN2O2. The molecule has 0 bridgehead atoms. The van der Waals surface area contributed by atoms with E-state index < -0.39 is 6.04 Å². The molecule has 0 saturated carbocycles. The predicted octanol–water partition coefficient (Wildman–Crippen LogP) is 2.76. The van der Waals surface area contributed by atoms with Crippen LogP contribution in [0.4, 0.5) is 0 Å². The van der Waals surface area contributed by atoms with Crippen LogP contribution in [-0.4, -0.2) is 29.8 Å². The summed E-state index contributed by atoms with van der Waals surface area (Å²) < 4.78 is 0.917. The van der Waals surface area contributed by atoms with E-state index >= 15 is 0 Å². The second kappa shape index (κ2) is 6.54. The first-order chi connectivity index (χ1) is 11.1. The molecule has 4 nitrogen and oxygen atoms in total. The zero-order valence-corrected chi connectivity index (χ0v) is 14.3. The maximum Gasteiger partial charge on any atom is 0.254 e. The monoisotopic (exact) mass is 372 g/mol. The molecule has 0 aliphatic carbocycles. The predicted molar refractivity (Wildman–Crippen MR) is 92.0 cm³/mol. The fourth-order valence-corrected chi connectivity index (χ4v) is 3.16. The number of nitrogens with one attached hydrogen (secondary N) is 1. The summed E-state index contributed by atoms with van der Waals surface area (Å²) in [6, 6.07) is 14.7. The average molecular weight is 373 g/mol. The minimum absolute atomic E-state index is 0.124. The molecule has 0 fully saturated rings. The molecule has 23 heavy (non-hydrogen) atoms. The summed E-state index contributed by atoms with van der Waals surface area (Å²) in [6.45, 7) is 0.448. The summed E-state index contributed by atoms with van der Waals surface area (Å²) in [7, 11) is 1.60. The minimum Gasteiger partial charge on any atom is -0.357 e. The molecule has 1 aliphatic rings. The number of nitrogens with zero attached hydrogens (tertiary/aromatic N) is 1. The number of likely N-dealkylation sites (N-methyl/N-ethyl adjacent to an activating group) is 1. The number of hydrogen-bond donors (Lipinski definition) is 1. The van der Waals surface area contributed by atoms with Crippen LogP contribution in [-0.2, 0) is 17.8 Å². The third-order valence-electron chi connectivity index (χ3n) is 4.15. The van der Waals surface area contributed by atoms with Crippen LogP contribution in [0.5, 0.6) is 0 Å². The van der Waals surface area contributed by atoms with Crippen LogP contribution in [0.15, 0.2) is 53.0 Å². The van der Waals surface area contributed by atoms with Gasteiger partial charge >= 0.3 is 0 Å². The largest absolute Gasteiger partial charge is 0.357 e. The van der Waals surface area contributed by atoms with Gasteiger partial charge in [0.25, 0.3) is 5.91 Å². The van der Waals surface area contributed by atoms with Crippen molar-refractivity contribution >= 4 is 27.7 Å². The molecule has 3 rings (SSSR count). The van der Waals surface area contributed by atoms with Crippen molar-refractivity contribution in [3.8, 4) is 0 Å². The number of hydrogen-bond acceptors (Lipinski definition) is 2. The third kappa shape index (κ3) is 3.15. The Balaban J connectivity index is 1.95. The van der Waals surface area contributed by atoms with E-state index in [9.17, 15) is 9.59 Å². The van der Waals surface area contributed by atoms with Gasteiger partial charge in [-0.1, -0.05) is 40.2 Å². The molecule has 2 aromatic carbocycles. The molecule has 0 aromatic heterocycles. The number of benzene rings is 2. The van der Waals surface area contributed by atoms with E-state index in [0.29, 0.717) is 18.5 Å². The van der Waals surface area contributed by atoms with Crippen LogP contribution in [0.3, 0.4) is 0 Å². The Hall–Kier alpha value is -2.14. The molecule has 2 aromatic rings. The molecular weight excluding hydrogens is 356 g/mol. The summed E-state index contributed by atoms with van der Waals surface area (Å²) in [4.78, 5) is 26.8. The first-order valence-electron chi connectivity index (χ1n) is 7.45. The van der Waals surface area contributed by atoms with Crippen molar-refractivity contribution in [1.29, 1.82) is 0 Å². The Morgan fingerprint density at radius 1 is 1.09 bits per heavy atom. The maximum absolute atomic E-state index is 12.9. The van der Waals surface area contributed by atoms with E-state index in [1.165, 1.54) is 0 Å². The van der Waals surface area contributed by atoms with Crippen LogP contribution >= 0.6 is 15.9 Å². The van der Waals surface area contributed by atoms with Crippen molar-refractivity contribution in [1.82, 2.24) is 10.2 Å². The zero-order chi connectivity index (χ0) is 16.4. The van der Waals surface area contributed by atoms with E-state index in [0.717, 1.165) is 15.6 Å². The zero-order valence-electron chi connectivity index (χ0n) is 12.8. The molecule has 0 spiro atoms. The van der Waals surface area contributed by atoms with Gasteiger partial charge in [-0.25, -0.2) is 0 Å². The summed E-state index contributed by atoms with van der Waals surface area (Å²) in [5, 5.41) is 2.67. The van der Waals surface area contributed by atoms with Gasteiger partial charge in [-0.15, -0.1) is 0 Å². The van der Waals surface area contributed by atoms with Gasteiger partial charge in [-0.05, 0) is 35.4 Å². The van der Waals surface area contributed by atoms with Crippen LogP contribution in [0.1, 0.15) is 21.5 Å². The molecule has 1 N–H and O–H groups in total. The van der Waals surface area contributed by atoms with E-state index in [2.05, 4.69) is 21.2 Å². The van der Waals surface area contributed by atoms with E-state index in [4.69, 9.17) is 0 Å². The first-order valence-corrected chi connectivity index (χ1v) is 8.24. The lowest BCUT2D eigenvalue weighted by atomic mass is 9.93. The topological polar surface area (TPSA) is 49.4 Å². The second-order valence-electron chi connectivity index (χ2n) is 5.54. The molecule has 2 amide bonds. The Labute approximate surface area is 143 Å². The van der Waals surface area contributed by atoms with Gasteiger partial charge in [0.05, 0.1) is 0 Å². The van der Waals surface area contributed by atoms with Gasteiger partial charge in [0.2, 0.25) is 5.91 Å². The Kier molecular flexibility index (Phi) is 4.48. The maximum atomic E-state index is 12.9. The quantitative estimate of drug-likeness (QED) is 0.880. The lowest BCUT2D eigenvalue weighted by molar-refractivity contribution is -0.125. The van der Waals surface area contributed by atoms with Gasteiger partial charge in [0.15, 0.2) is 0 Å². The lowest BCUT2D eigenvalue weighted by Crippen LogP contribution is -2.51. The Morgan fingerprint density at radius 2 is 1.74 bits per heavy atom. The van der Waals surface area contributed by atoms with Gasteiger partial charge in [-0.2, -0.15) is 0 Å². The third-order valence-corrected chi connectivity index (χ3v) is 4.68. The van der Waals surface area contributed by atoms with Crippen LogP contribution < -0.4 is 5.32 Å². The molecule has 1 heterocycles. The normalized spacial score (nSPS) is 16.6. The van der Waals surface area contributed by atoms with Crippen molar-refractivity contribution in [3.05, 3.63) is 69.7 Å². The van der Waals surface area contributed by atoms with Crippen LogP contribution in [0.2, 0.25) is 0 Å². The fourth-order valence-electron chi connectivity index (χ4n) is 2.90. The van der Waals surface area contributed by atoms with Crippen molar-refractivity contribution in [2.75, 3.05) is 7.05 Å². The van der Waals surface area contributed by atoms with Crippen LogP contribution in [0, 0.1) is 0 Å². The SMILES string of the molecule is CNC(=O)[C@@H]1Cc2ccccc2CN1C(=O)c1ccc(Br)cc1. The molecule has 1 atom stereocenters. The number of carbonyl (C=O) groups excluding carboxylic acids is 2. The molecule has 0 saturated heterocycles. The molecule has 0 radical (unpaired) electrons. The summed E-state index contributed by atoms with van der Waals surface area (Å²) >= 11 is 3.37. The second-order valence-corrected chi connectivity index (χ2v) is 6.46. The number of rotatable bonds is 2. The van der Waals surface area contributed by atoms with Gasteiger partial charge < -0.3 is 10.2 Å². The van der Waals surface area contributed by atoms with Gasteiger partial charge in [-0.3, -0.25) is 9.59 Å². The molecule has 0 unspecified atom stereocenters. The summed E-state index contributed by atoms with van der Waals surface area (Å²) in [5.74, 6) is -0.259. The van der Waals surface area contributed by atoms with E-state index in [1.54, 1.807) is 24.1 Å². The highest BCUT2D eigenvalue weighted by atomic mass is 79.9. The fraction of sp³-hybridized carbons (Fsp3) is 0.222. The summed E-state index contributed by atoms with van der Waals surface area (Å²) in [5.41, 5.74) is 2.81. The van der Waals surface area contributed by atoms with E-state index in [1.807, 2.05) is 36.4 Å². The van der Waals surface area contributed by atoms with Gasteiger partial charge in [0.1, 0.15) is 6.04 Å². The standard InChI is InChI=1S/C18H17BrN2O2/c1-20-17(22)16-10-13-4-2-3-5-14(13)11-21(16)18(23)12-6-8-15(19)9-7-12/h2-9,16H,10-11H2,1H3,(H,20,22)/t16-/m0/s1. The Bertz CT molecular complexity index is 743. The summed E-state index contributed by atoms with van der Waals surface area (Å²) in [6.07, 6.45) is 0.540. The minimum atomic E-state index is -0.481. The smallest absolute Gasteiger partial charge is 0.254 e. The van der Waals surface area contributed by atoms with Crippen molar-refractivity contribution in [2.24, 2.45) is 0 Å². The number of fused-ring (bicyclic) bond motifs is 1. The van der Waals surface area contributed by atoms with E-state index in [-0.39, 0.29) is 11.8 Å². The number of halogens is 1. The van der Waals surface area contributed by atoms with Gasteiger partial charge in [0, 0.05) is 30.0 Å². The van der Waals surface area contributed by atoms with Crippen molar-refractivity contribution in [3.63, 3.8) is 0 Å². The lowest BCUT2D eigenvalue weighted by Gasteiger charge is -2.35. The van der Waals surface area contributed by atoms with Crippen molar-refractivity contribution in [2.45, 2.75) is 19.0 Å². The highest BCUT2D eigenvalue weighted by molar-refractivity contribution is 9.10. The molecule has 1 aliphatic heterocycles. The average Bonchev–Trinajstić information content (AvgIpc) is 2.60. The number of amides is 2.